The molecule has 1 fully saturated rings. The topological polar surface area (TPSA) is 26.9 Å². The minimum atomic E-state index is 0.216. The summed E-state index contributed by atoms with van der Waals surface area (Å²) in [5.74, 6) is 0.696. The summed E-state index contributed by atoms with van der Waals surface area (Å²) >= 11 is 0. The molecule has 1 saturated carbocycles. The predicted octanol–water partition coefficient (Wildman–Crippen LogP) is 1.71. The van der Waals surface area contributed by atoms with Gasteiger partial charge >= 0.3 is 0 Å². The van der Waals surface area contributed by atoms with Crippen LogP contribution < -0.4 is 5.56 Å². The SMILES string of the molecule is O=c1cc(C2CC2)n2n1CCCCC2. The van der Waals surface area contributed by atoms with Gasteiger partial charge in [0, 0.05) is 30.8 Å². The van der Waals surface area contributed by atoms with Crippen molar-refractivity contribution in [2.45, 2.75) is 51.1 Å². The first-order valence-electron chi connectivity index (χ1n) is 5.67. The summed E-state index contributed by atoms with van der Waals surface area (Å²) in [6.45, 7) is 1.97. The summed E-state index contributed by atoms with van der Waals surface area (Å²) in [7, 11) is 0. The van der Waals surface area contributed by atoms with Gasteiger partial charge in [0.25, 0.3) is 5.56 Å². The van der Waals surface area contributed by atoms with E-state index in [4.69, 9.17) is 0 Å². The van der Waals surface area contributed by atoms with Crippen LogP contribution in [-0.4, -0.2) is 9.36 Å². The van der Waals surface area contributed by atoms with E-state index >= 15 is 0 Å². The van der Waals surface area contributed by atoms with Crippen molar-refractivity contribution in [2.24, 2.45) is 0 Å². The largest absolute Gasteiger partial charge is 0.286 e. The smallest absolute Gasteiger partial charge is 0.266 e. The standard InChI is InChI=1S/C11H16N2O/c14-11-8-10(9-4-5-9)12-6-2-1-3-7-13(11)12/h8-9H,1-7H2. The van der Waals surface area contributed by atoms with Crippen LogP contribution in [0.3, 0.4) is 0 Å². The number of hydrogen-bond acceptors (Lipinski definition) is 1. The van der Waals surface area contributed by atoms with Crippen molar-refractivity contribution in [2.75, 3.05) is 0 Å². The Morgan fingerprint density at radius 3 is 2.50 bits per heavy atom. The second kappa shape index (κ2) is 3.01. The monoisotopic (exact) mass is 192 g/mol. The molecule has 0 saturated heterocycles. The van der Waals surface area contributed by atoms with Crippen molar-refractivity contribution in [3.05, 3.63) is 22.1 Å². The zero-order valence-electron chi connectivity index (χ0n) is 8.41. The van der Waals surface area contributed by atoms with Crippen molar-refractivity contribution in [3.63, 3.8) is 0 Å². The third-order valence-electron chi connectivity index (χ3n) is 3.35. The van der Waals surface area contributed by atoms with Gasteiger partial charge in [0.1, 0.15) is 0 Å². The highest BCUT2D eigenvalue weighted by molar-refractivity contribution is 5.15. The van der Waals surface area contributed by atoms with Crippen LogP contribution in [0.5, 0.6) is 0 Å². The number of hydrogen-bond donors (Lipinski definition) is 0. The summed E-state index contributed by atoms with van der Waals surface area (Å²) in [5, 5.41) is 0. The van der Waals surface area contributed by atoms with E-state index in [2.05, 4.69) is 4.68 Å². The second-order valence-corrected chi connectivity index (χ2v) is 4.49. The molecule has 0 unspecified atom stereocenters. The van der Waals surface area contributed by atoms with Gasteiger partial charge in [-0.05, 0) is 32.1 Å². The molecule has 3 rings (SSSR count). The number of nitrogens with zero attached hydrogens (tertiary/aromatic N) is 2. The van der Waals surface area contributed by atoms with Crippen LogP contribution in [0.1, 0.15) is 43.7 Å². The fourth-order valence-electron chi connectivity index (χ4n) is 2.42. The molecule has 0 amide bonds. The maximum absolute atomic E-state index is 11.7. The lowest BCUT2D eigenvalue weighted by Crippen LogP contribution is -2.21. The van der Waals surface area contributed by atoms with Gasteiger partial charge in [0.15, 0.2) is 0 Å². The molecule has 1 aromatic rings. The molecule has 3 nitrogen and oxygen atoms in total. The lowest BCUT2D eigenvalue weighted by molar-refractivity contribution is 0.461. The molecule has 1 aliphatic carbocycles. The molecule has 0 atom stereocenters. The van der Waals surface area contributed by atoms with Gasteiger partial charge in [-0.15, -0.1) is 0 Å². The van der Waals surface area contributed by atoms with Crippen LogP contribution in [0, 0.1) is 0 Å². The van der Waals surface area contributed by atoms with Crippen molar-refractivity contribution in [3.8, 4) is 0 Å². The van der Waals surface area contributed by atoms with Crippen LogP contribution in [0.15, 0.2) is 10.9 Å². The van der Waals surface area contributed by atoms with Gasteiger partial charge in [-0.2, -0.15) is 0 Å². The van der Waals surface area contributed by atoms with E-state index in [0.717, 1.165) is 19.5 Å². The first-order chi connectivity index (χ1) is 6.86. The van der Waals surface area contributed by atoms with Crippen molar-refractivity contribution in [1.29, 1.82) is 0 Å². The molecule has 3 heteroatoms. The summed E-state index contributed by atoms with van der Waals surface area (Å²) in [6.07, 6.45) is 6.22. The van der Waals surface area contributed by atoms with Gasteiger partial charge < -0.3 is 0 Å². The summed E-state index contributed by atoms with van der Waals surface area (Å²) in [4.78, 5) is 11.7. The van der Waals surface area contributed by atoms with E-state index in [0.29, 0.717) is 5.92 Å². The minimum Gasteiger partial charge on any atom is -0.286 e. The molecule has 0 bridgehead atoms. The summed E-state index contributed by atoms with van der Waals surface area (Å²) < 4.78 is 4.19. The predicted molar refractivity (Wildman–Crippen MR) is 54.5 cm³/mol. The van der Waals surface area contributed by atoms with Crippen LogP contribution in [0.4, 0.5) is 0 Å². The average Bonchev–Trinajstić information content (AvgIpc) is 2.99. The number of fused-ring (bicyclic) bond motifs is 1. The lowest BCUT2D eigenvalue weighted by Gasteiger charge is -2.10. The lowest BCUT2D eigenvalue weighted by atomic mass is 10.2. The van der Waals surface area contributed by atoms with Crippen molar-refractivity contribution < 1.29 is 0 Å². The quantitative estimate of drug-likeness (QED) is 0.665. The normalized spacial score (nSPS) is 21.7. The molecule has 0 radical (unpaired) electrons. The van der Waals surface area contributed by atoms with E-state index in [1.165, 1.54) is 31.4 Å². The van der Waals surface area contributed by atoms with Crippen LogP contribution in [0.25, 0.3) is 0 Å². The van der Waals surface area contributed by atoms with Crippen LogP contribution in [-0.2, 0) is 13.1 Å². The minimum absolute atomic E-state index is 0.216. The average molecular weight is 192 g/mol. The van der Waals surface area contributed by atoms with Crippen molar-refractivity contribution >= 4 is 0 Å². The highest BCUT2D eigenvalue weighted by Crippen LogP contribution is 2.39. The Hall–Kier alpha value is -0.990. The molecule has 2 heterocycles. The Kier molecular flexibility index (Phi) is 1.79. The molecule has 0 aromatic carbocycles. The van der Waals surface area contributed by atoms with Crippen LogP contribution >= 0.6 is 0 Å². The van der Waals surface area contributed by atoms with Gasteiger partial charge in [-0.25, -0.2) is 0 Å². The maximum Gasteiger partial charge on any atom is 0.266 e. The summed E-state index contributed by atoms with van der Waals surface area (Å²) in [6, 6.07) is 1.86. The first-order valence-corrected chi connectivity index (χ1v) is 5.67. The van der Waals surface area contributed by atoms with E-state index in [1.54, 1.807) is 0 Å². The maximum atomic E-state index is 11.7. The summed E-state index contributed by atoms with van der Waals surface area (Å²) in [5.41, 5.74) is 1.52. The Morgan fingerprint density at radius 2 is 1.79 bits per heavy atom. The molecule has 1 aromatic heterocycles. The van der Waals surface area contributed by atoms with Gasteiger partial charge in [0.05, 0.1) is 0 Å². The fourth-order valence-corrected chi connectivity index (χ4v) is 2.42. The third-order valence-corrected chi connectivity index (χ3v) is 3.35. The molecule has 1 aliphatic heterocycles. The van der Waals surface area contributed by atoms with E-state index in [-0.39, 0.29) is 5.56 Å². The molecule has 14 heavy (non-hydrogen) atoms. The number of aromatic nitrogens is 2. The van der Waals surface area contributed by atoms with Gasteiger partial charge in [-0.1, -0.05) is 0 Å². The Morgan fingerprint density at radius 1 is 1.07 bits per heavy atom. The van der Waals surface area contributed by atoms with Crippen molar-refractivity contribution in [1.82, 2.24) is 9.36 Å². The van der Waals surface area contributed by atoms with Gasteiger partial charge in [-0.3, -0.25) is 14.2 Å². The third kappa shape index (κ3) is 1.22. The Labute approximate surface area is 83.3 Å². The van der Waals surface area contributed by atoms with Gasteiger partial charge in [0.2, 0.25) is 0 Å². The highest BCUT2D eigenvalue weighted by atomic mass is 16.1. The van der Waals surface area contributed by atoms with E-state index < -0.39 is 0 Å². The molecule has 0 N–H and O–H groups in total. The zero-order valence-corrected chi connectivity index (χ0v) is 8.41. The molecular weight excluding hydrogens is 176 g/mol. The number of rotatable bonds is 1. The Balaban J connectivity index is 2.09. The molecule has 2 aliphatic rings. The fraction of sp³-hybridized carbons (Fsp3) is 0.727. The molecule has 76 valence electrons. The van der Waals surface area contributed by atoms with E-state index in [1.807, 2.05) is 10.7 Å². The molecule has 0 spiro atoms. The first kappa shape index (κ1) is 8.33. The Bertz CT molecular complexity index is 398. The van der Waals surface area contributed by atoms with E-state index in [9.17, 15) is 4.79 Å². The van der Waals surface area contributed by atoms with Crippen LogP contribution in [0.2, 0.25) is 0 Å². The zero-order chi connectivity index (χ0) is 9.54. The second-order valence-electron chi connectivity index (χ2n) is 4.49. The molecular formula is C11H16N2O. The highest BCUT2D eigenvalue weighted by Gasteiger charge is 2.29.